The van der Waals surface area contributed by atoms with Gasteiger partial charge in [-0.3, -0.25) is 4.79 Å². The molecule has 0 radical (unpaired) electrons. The molecule has 0 unspecified atom stereocenters. The standard InChI is InChI=1S/C9H16N2O/c1-2-3-6-9(12)11-8-5-4-7-10/h2-6,8H2,1H3,(H,11,12). The summed E-state index contributed by atoms with van der Waals surface area (Å²) in [4.78, 5) is 11.0. The van der Waals surface area contributed by atoms with Crippen LogP contribution in [0.3, 0.4) is 0 Å². The lowest BCUT2D eigenvalue weighted by molar-refractivity contribution is -0.121. The molecule has 1 amide bonds. The molecule has 0 aliphatic heterocycles. The van der Waals surface area contributed by atoms with Crippen molar-refractivity contribution in [3.8, 4) is 6.07 Å². The van der Waals surface area contributed by atoms with Crippen LogP contribution in [0.2, 0.25) is 0 Å². The third kappa shape index (κ3) is 7.07. The Labute approximate surface area is 73.8 Å². The second kappa shape index (κ2) is 8.06. The third-order valence-corrected chi connectivity index (χ3v) is 1.54. The lowest BCUT2D eigenvalue weighted by Gasteiger charge is -2.01. The second-order valence-electron chi connectivity index (χ2n) is 2.72. The van der Waals surface area contributed by atoms with Gasteiger partial charge in [-0.1, -0.05) is 13.3 Å². The molecule has 68 valence electrons. The first-order valence-electron chi connectivity index (χ1n) is 4.45. The highest BCUT2D eigenvalue weighted by molar-refractivity contribution is 5.75. The minimum absolute atomic E-state index is 0.106. The molecule has 0 saturated heterocycles. The molecule has 0 heterocycles. The zero-order valence-corrected chi connectivity index (χ0v) is 7.60. The van der Waals surface area contributed by atoms with Crippen molar-refractivity contribution in [2.45, 2.75) is 39.0 Å². The van der Waals surface area contributed by atoms with Gasteiger partial charge in [0.15, 0.2) is 0 Å². The predicted octanol–water partition coefficient (Wildman–Crippen LogP) is 1.60. The van der Waals surface area contributed by atoms with E-state index in [0.29, 0.717) is 19.4 Å². The number of rotatable bonds is 6. The van der Waals surface area contributed by atoms with Crippen LogP contribution in [0.4, 0.5) is 0 Å². The van der Waals surface area contributed by atoms with Crippen LogP contribution >= 0.6 is 0 Å². The number of nitrogens with zero attached hydrogens (tertiary/aromatic N) is 1. The monoisotopic (exact) mass is 168 g/mol. The Kier molecular flexibility index (Phi) is 7.36. The minimum Gasteiger partial charge on any atom is -0.356 e. The van der Waals surface area contributed by atoms with E-state index in [1.54, 1.807) is 0 Å². The summed E-state index contributed by atoms with van der Waals surface area (Å²) in [5.74, 6) is 0.106. The van der Waals surface area contributed by atoms with Crippen molar-refractivity contribution in [3.05, 3.63) is 0 Å². The fourth-order valence-electron chi connectivity index (χ4n) is 0.821. The van der Waals surface area contributed by atoms with Gasteiger partial charge in [0, 0.05) is 19.4 Å². The Hall–Kier alpha value is -1.04. The fourth-order valence-corrected chi connectivity index (χ4v) is 0.821. The van der Waals surface area contributed by atoms with Crippen LogP contribution in [0, 0.1) is 11.3 Å². The highest BCUT2D eigenvalue weighted by Crippen LogP contribution is 1.93. The zero-order chi connectivity index (χ0) is 9.23. The van der Waals surface area contributed by atoms with Crippen molar-refractivity contribution < 1.29 is 4.79 Å². The van der Waals surface area contributed by atoms with Crippen molar-refractivity contribution in [1.29, 1.82) is 5.26 Å². The molecule has 0 aromatic rings. The smallest absolute Gasteiger partial charge is 0.219 e. The van der Waals surface area contributed by atoms with E-state index in [2.05, 4.69) is 12.2 Å². The fraction of sp³-hybridized carbons (Fsp3) is 0.778. The first-order valence-corrected chi connectivity index (χ1v) is 4.45. The van der Waals surface area contributed by atoms with Gasteiger partial charge >= 0.3 is 0 Å². The number of nitrogens with one attached hydrogen (secondary N) is 1. The molecule has 0 aromatic carbocycles. The average Bonchev–Trinajstić information content (AvgIpc) is 2.09. The molecule has 0 aliphatic rings. The van der Waals surface area contributed by atoms with Gasteiger partial charge in [-0.25, -0.2) is 0 Å². The van der Waals surface area contributed by atoms with Crippen molar-refractivity contribution in [3.63, 3.8) is 0 Å². The topological polar surface area (TPSA) is 52.9 Å². The van der Waals surface area contributed by atoms with Gasteiger partial charge in [-0.2, -0.15) is 5.26 Å². The Morgan fingerprint density at radius 3 is 2.83 bits per heavy atom. The molecule has 0 rings (SSSR count). The molecule has 3 heteroatoms. The number of carbonyl (C=O) groups excluding carboxylic acids is 1. The van der Waals surface area contributed by atoms with E-state index in [1.165, 1.54) is 0 Å². The normalized spacial score (nSPS) is 9.00. The molecule has 3 nitrogen and oxygen atoms in total. The van der Waals surface area contributed by atoms with Gasteiger partial charge in [0.1, 0.15) is 0 Å². The van der Waals surface area contributed by atoms with Crippen LogP contribution in [0.15, 0.2) is 0 Å². The van der Waals surface area contributed by atoms with Crippen molar-refractivity contribution >= 4 is 5.91 Å². The summed E-state index contributed by atoms with van der Waals surface area (Å²) < 4.78 is 0. The average molecular weight is 168 g/mol. The second-order valence-corrected chi connectivity index (χ2v) is 2.72. The number of hydrogen-bond donors (Lipinski definition) is 1. The highest BCUT2D eigenvalue weighted by Gasteiger charge is 1.97. The number of hydrogen-bond acceptors (Lipinski definition) is 2. The number of nitriles is 1. The molecule has 0 bridgehead atoms. The number of amides is 1. The van der Waals surface area contributed by atoms with Crippen molar-refractivity contribution in [2.75, 3.05) is 6.54 Å². The van der Waals surface area contributed by atoms with E-state index < -0.39 is 0 Å². The molecule has 1 N–H and O–H groups in total. The van der Waals surface area contributed by atoms with Crippen LogP contribution in [0.5, 0.6) is 0 Å². The molecule has 0 aromatic heterocycles. The van der Waals surface area contributed by atoms with Gasteiger partial charge in [0.25, 0.3) is 0 Å². The lowest BCUT2D eigenvalue weighted by Crippen LogP contribution is -2.23. The maximum Gasteiger partial charge on any atom is 0.219 e. The molecular formula is C9H16N2O. The minimum atomic E-state index is 0.106. The summed E-state index contributed by atoms with van der Waals surface area (Å²) in [6, 6.07) is 2.03. The summed E-state index contributed by atoms with van der Waals surface area (Å²) >= 11 is 0. The highest BCUT2D eigenvalue weighted by atomic mass is 16.1. The van der Waals surface area contributed by atoms with Gasteiger partial charge in [-0.05, 0) is 12.8 Å². The van der Waals surface area contributed by atoms with Crippen LogP contribution in [0.25, 0.3) is 0 Å². The number of unbranched alkanes of at least 4 members (excludes halogenated alkanes) is 2. The molecule has 12 heavy (non-hydrogen) atoms. The quantitative estimate of drug-likeness (QED) is 0.612. The Morgan fingerprint density at radius 1 is 1.50 bits per heavy atom. The van der Waals surface area contributed by atoms with Crippen LogP contribution in [0.1, 0.15) is 39.0 Å². The van der Waals surface area contributed by atoms with Crippen LogP contribution < -0.4 is 5.32 Å². The first-order chi connectivity index (χ1) is 5.81. The van der Waals surface area contributed by atoms with Gasteiger partial charge in [0.2, 0.25) is 5.91 Å². The molecule has 0 spiro atoms. The summed E-state index contributed by atoms with van der Waals surface area (Å²) in [6.45, 7) is 2.69. The Balaban J connectivity index is 3.15. The van der Waals surface area contributed by atoms with Crippen LogP contribution in [-0.2, 0) is 4.79 Å². The third-order valence-electron chi connectivity index (χ3n) is 1.54. The predicted molar refractivity (Wildman–Crippen MR) is 47.4 cm³/mol. The largest absolute Gasteiger partial charge is 0.356 e. The zero-order valence-electron chi connectivity index (χ0n) is 7.60. The van der Waals surface area contributed by atoms with E-state index >= 15 is 0 Å². The SMILES string of the molecule is CCCCC(=O)NCCCC#N. The Bertz CT molecular complexity index is 160. The van der Waals surface area contributed by atoms with Crippen LogP contribution in [-0.4, -0.2) is 12.5 Å². The first kappa shape index (κ1) is 11.0. The maximum absolute atomic E-state index is 11.0. The molecule has 0 fully saturated rings. The van der Waals surface area contributed by atoms with Crippen molar-refractivity contribution in [1.82, 2.24) is 5.32 Å². The summed E-state index contributed by atoms with van der Waals surface area (Å²) in [5.41, 5.74) is 0. The van der Waals surface area contributed by atoms with E-state index in [1.807, 2.05) is 6.07 Å². The lowest BCUT2D eigenvalue weighted by atomic mass is 10.2. The van der Waals surface area contributed by atoms with E-state index in [9.17, 15) is 4.79 Å². The van der Waals surface area contributed by atoms with E-state index in [-0.39, 0.29) is 5.91 Å². The summed E-state index contributed by atoms with van der Waals surface area (Å²) in [7, 11) is 0. The van der Waals surface area contributed by atoms with Gasteiger partial charge < -0.3 is 5.32 Å². The molecule has 0 aliphatic carbocycles. The number of carbonyl (C=O) groups is 1. The molecule has 0 saturated carbocycles. The summed E-state index contributed by atoms with van der Waals surface area (Å²) in [6.07, 6.45) is 3.89. The van der Waals surface area contributed by atoms with Gasteiger partial charge in [-0.15, -0.1) is 0 Å². The molecule has 0 atom stereocenters. The maximum atomic E-state index is 11.0. The molecular weight excluding hydrogens is 152 g/mol. The van der Waals surface area contributed by atoms with E-state index in [0.717, 1.165) is 19.3 Å². The Morgan fingerprint density at radius 2 is 2.25 bits per heavy atom. The van der Waals surface area contributed by atoms with Gasteiger partial charge in [0.05, 0.1) is 6.07 Å². The van der Waals surface area contributed by atoms with Crippen molar-refractivity contribution in [2.24, 2.45) is 0 Å². The summed E-state index contributed by atoms with van der Waals surface area (Å²) in [5, 5.41) is 11.0. The van der Waals surface area contributed by atoms with E-state index in [4.69, 9.17) is 5.26 Å².